The van der Waals surface area contributed by atoms with Crippen LogP contribution in [0.3, 0.4) is 0 Å². The second kappa shape index (κ2) is 3.93. The van der Waals surface area contributed by atoms with Crippen LogP contribution in [-0.4, -0.2) is 0 Å². The molecule has 0 bridgehead atoms. The molecule has 0 radical (unpaired) electrons. The summed E-state index contributed by atoms with van der Waals surface area (Å²) in [6.45, 7) is 0. The van der Waals surface area contributed by atoms with Gasteiger partial charge in [0.25, 0.3) is 0 Å². The van der Waals surface area contributed by atoms with Crippen LogP contribution in [0.2, 0.25) is 0 Å². The van der Waals surface area contributed by atoms with Crippen molar-refractivity contribution in [3.05, 3.63) is 60.2 Å². The Kier molecular flexibility index (Phi) is 2.41. The van der Waals surface area contributed by atoms with Crippen molar-refractivity contribution in [2.75, 3.05) is 0 Å². The van der Waals surface area contributed by atoms with Gasteiger partial charge in [-0.3, -0.25) is 0 Å². The van der Waals surface area contributed by atoms with Crippen LogP contribution in [0.25, 0.3) is 20.5 Å². The molecule has 0 nitrogen and oxygen atoms in total. The van der Waals surface area contributed by atoms with Gasteiger partial charge in [0.2, 0.25) is 0 Å². The van der Waals surface area contributed by atoms with E-state index in [9.17, 15) is 8.78 Å². The molecule has 0 unspecified atom stereocenters. The van der Waals surface area contributed by atoms with Crippen LogP contribution in [0.5, 0.6) is 0 Å². The molecule has 0 amide bonds. The molecule has 3 rings (SSSR count). The number of benzene rings is 2. The van der Waals surface area contributed by atoms with Crippen molar-refractivity contribution >= 4 is 21.4 Å². The molecule has 17 heavy (non-hydrogen) atoms. The van der Waals surface area contributed by atoms with Crippen molar-refractivity contribution in [3.63, 3.8) is 0 Å². The highest BCUT2D eigenvalue weighted by Crippen LogP contribution is 2.35. The third-order valence-corrected chi connectivity index (χ3v) is 3.77. The van der Waals surface area contributed by atoms with Crippen molar-refractivity contribution in [2.24, 2.45) is 0 Å². The number of halogens is 2. The number of fused-ring (bicyclic) bond motifs is 1. The maximum absolute atomic E-state index is 13.6. The third-order valence-electron chi connectivity index (χ3n) is 2.63. The number of thiophene rings is 1. The first kappa shape index (κ1) is 10.4. The van der Waals surface area contributed by atoms with Crippen molar-refractivity contribution < 1.29 is 8.78 Å². The lowest BCUT2D eigenvalue weighted by Gasteiger charge is -2.00. The van der Waals surface area contributed by atoms with Gasteiger partial charge in [-0.25, -0.2) is 8.78 Å². The quantitative estimate of drug-likeness (QED) is 0.576. The number of hydrogen-bond donors (Lipinski definition) is 0. The lowest BCUT2D eigenvalue weighted by molar-refractivity contribution is 0.590. The van der Waals surface area contributed by atoms with Gasteiger partial charge in [0.05, 0.1) is 5.56 Å². The van der Waals surface area contributed by atoms with E-state index in [1.165, 1.54) is 29.5 Å². The summed E-state index contributed by atoms with van der Waals surface area (Å²) in [6, 6.07) is 13.5. The van der Waals surface area contributed by atoms with Gasteiger partial charge in [-0.1, -0.05) is 24.3 Å². The van der Waals surface area contributed by atoms with E-state index >= 15 is 0 Å². The maximum Gasteiger partial charge on any atom is 0.134 e. The van der Waals surface area contributed by atoms with E-state index < -0.39 is 11.6 Å². The molecule has 0 aliphatic carbocycles. The number of rotatable bonds is 1. The summed E-state index contributed by atoms with van der Waals surface area (Å²) in [4.78, 5) is 0.627. The van der Waals surface area contributed by atoms with Gasteiger partial charge in [-0.05, 0) is 29.7 Å². The number of hydrogen-bond acceptors (Lipinski definition) is 1. The predicted molar refractivity (Wildman–Crippen MR) is 67.2 cm³/mol. The van der Waals surface area contributed by atoms with E-state index in [2.05, 4.69) is 0 Å². The molecule has 0 saturated heterocycles. The molecule has 0 aliphatic heterocycles. The van der Waals surface area contributed by atoms with E-state index in [0.29, 0.717) is 4.88 Å². The third kappa shape index (κ3) is 1.72. The largest absolute Gasteiger partial charge is 0.206 e. The van der Waals surface area contributed by atoms with Gasteiger partial charge in [0, 0.05) is 9.58 Å². The van der Waals surface area contributed by atoms with Gasteiger partial charge in [-0.2, -0.15) is 0 Å². The van der Waals surface area contributed by atoms with E-state index in [1.807, 2.05) is 30.3 Å². The second-order valence-electron chi connectivity index (χ2n) is 3.75. The van der Waals surface area contributed by atoms with Gasteiger partial charge in [-0.15, -0.1) is 11.3 Å². The van der Waals surface area contributed by atoms with Crippen LogP contribution >= 0.6 is 11.3 Å². The first-order chi connectivity index (χ1) is 8.25. The van der Waals surface area contributed by atoms with Crippen LogP contribution in [-0.2, 0) is 0 Å². The van der Waals surface area contributed by atoms with E-state index in [1.54, 1.807) is 0 Å². The summed E-state index contributed by atoms with van der Waals surface area (Å²) >= 11 is 1.40. The smallest absolute Gasteiger partial charge is 0.134 e. The zero-order valence-electron chi connectivity index (χ0n) is 8.78. The molecule has 3 aromatic rings. The van der Waals surface area contributed by atoms with Crippen molar-refractivity contribution in [3.8, 4) is 10.4 Å². The Labute approximate surface area is 101 Å². The Bertz CT molecular complexity index is 632. The Morgan fingerprint density at radius 1 is 0.824 bits per heavy atom. The highest BCUT2D eigenvalue weighted by molar-refractivity contribution is 7.22. The van der Waals surface area contributed by atoms with Crippen molar-refractivity contribution in [1.29, 1.82) is 0 Å². The minimum absolute atomic E-state index is 0.0636. The Balaban J connectivity index is 2.27. The fraction of sp³-hybridized carbons (Fsp3) is 0. The van der Waals surface area contributed by atoms with Crippen LogP contribution < -0.4 is 0 Å². The lowest BCUT2D eigenvalue weighted by Crippen LogP contribution is -1.86. The monoisotopic (exact) mass is 246 g/mol. The Hall–Kier alpha value is -1.74. The molecule has 0 aliphatic rings. The average molecular weight is 246 g/mol. The fourth-order valence-corrected chi connectivity index (χ4v) is 2.95. The molecule has 0 saturated carbocycles. The van der Waals surface area contributed by atoms with Crippen molar-refractivity contribution in [2.45, 2.75) is 0 Å². The zero-order chi connectivity index (χ0) is 11.8. The van der Waals surface area contributed by atoms with E-state index in [-0.39, 0.29) is 5.56 Å². The molecule has 84 valence electrons. The summed E-state index contributed by atoms with van der Waals surface area (Å²) in [5, 5.41) is 1.01. The summed E-state index contributed by atoms with van der Waals surface area (Å²) in [5.74, 6) is -1.03. The first-order valence-corrected chi connectivity index (χ1v) is 6.00. The van der Waals surface area contributed by atoms with Crippen molar-refractivity contribution in [1.82, 2.24) is 0 Å². The average Bonchev–Trinajstić information content (AvgIpc) is 2.71. The normalized spacial score (nSPS) is 10.9. The Morgan fingerprint density at radius 2 is 1.53 bits per heavy atom. The molecule has 0 spiro atoms. The van der Waals surface area contributed by atoms with Crippen LogP contribution in [0.1, 0.15) is 0 Å². The van der Waals surface area contributed by atoms with Gasteiger partial charge < -0.3 is 0 Å². The maximum atomic E-state index is 13.6. The lowest BCUT2D eigenvalue weighted by atomic mass is 10.1. The SMILES string of the molecule is Fc1cccc(F)c1-c1cc2ccccc2s1. The van der Waals surface area contributed by atoms with Crippen LogP contribution in [0.4, 0.5) is 8.78 Å². The predicted octanol–water partition coefficient (Wildman–Crippen LogP) is 4.85. The van der Waals surface area contributed by atoms with E-state index in [4.69, 9.17) is 0 Å². The van der Waals surface area contributed by atoms with Gasteiger partial charge in [0.1, 0.15) is 11.6 Å². The molecule has 1 aromatic heterocycles. The minimum Gasteiger partial charge on any atom is -0.206 e. The molecule has 2 aromatic carbocycles. The van der Waals surface area contributed by atoms with Crippen LogP contribution in [0, 0.1) is 11.6 Å². The summed E-state index contributed by atoms with van der Waals surface area (Å²) in [6.07, 6.45) is 0. The Morgan fingerprint density at radius 3 is 2.24 bits per heavy atom. The topological polar surface area (TPSA) is 0 Å². The van der Waals surface area contributed by atoms with Gasteiger partial charge >= 0.3 is 0 Å². The minimum atomic E-state index is -0.517. The standard InChI is InChI=1S/C14H8F2S/c15-10-5-3-6-11(16)14(10)13-8-9-4-1-2-7-12(9)17-13/h1-8H. The summed E-state index contributed by atoms with van der Waals surface area (Å²) < 4.78 is 28.3. The molecule has 0 N–H and O–H groups in total. The fourth-order valence-electron chi connectivity index (χ4n) is 1.84. The molecule has 1 heterocycles. The highest BCUT2D eigenvalue weighted by Gasteiger charge is 2.13. The van der Waals surface area contributed by atoms with E-state index in [0.717, 1.165) is 10.1 Å². The molecular formula is C14H8F2S. The first-order valence-electron chi connectivity index (χ1n) is 5.18. The molecular weight excluding hydrogens is 238 g/mol. The summed E-state index contributed by atoms with van der Waals surface area (Å²) in [5.41, 5.74) is 0.0636. The molecule has 0 fully saturated rings. The molecule has 3 heteroatoms. The van der Waals surface area contributed by atoms with Crippen LogP contribution in [0.15, 0.2) is 48.5 Å². The van der Waals surface area contributed by atoms with Gasteiger partial charge in [0.15, 0.2) is 0 Å². The zero-order valence-corrected chi connectivity index (χ0v) is 9.60. The molecule has 0 atom stereocenters. The highest BCUT2D eigenvalue weighted by atomic mass is 32.1. The summed E-state index contributed by atoms with van der Waals surface area (Å²) in [7, 11) is 0. The second-order valence-corrected chi connectivity index (χ2v) is 4.83.